The Bertz CT molecular complexity index is 374. The lowest BCUT2D eigenvalue weighted by Gasteiger charge is -2.09. The number of hydrogen-bond donors (Lipinski definition) is 0. The largest absolute Gasteiger partial charge is 0.464 e. The third-order valence-electron chi connectivity index (χ3n) is 2.37. The van der Waals surface area contributed by atoms with E-state index in [0.29, 0.717) is 0 Å². The molecular formula is C11H12O2S. The smallest absolute Gasteiger partial charge is 0.203 e. The highest BCUT2D eigenvalue weighted by Gasteiger charge is 2.24. The van der Waals surface area contributed by atoms with E-state index in [1.165, 1.54) is 5.56 Å². The van der Waals surface area contributed by atoms with Crippen molar-refractivity contribution in [1.82, 2.24) is 0 Å². The molecule has 0 saturated heterocycles. The van der Waals surface area contributed by atoms with Crippen molar-refractivity contribution in [3.8, 4) is 5.75 Å². The first-order chi connectivity index (χ1) is 6.72. The third-order valence-corrected chi connectivity index (χ3v) is 2.59. The van der Waals surface area contributed by atoms with Crippen LogP contribution in [0.3, 0.4) is 0 Å². The predicted octanol–water partition coefficient (Wildman–Crippen LogP) is 2.33. The van der Waals surface area contributed by atoms with Gasteiger partial charge in [0, 0.05) is 29.5 Å². The molecule has 1 aromatic rings. The number of ether oxygens (including phenoxy) is 2. The highest BCUT2D eigenvalue weighted by atomic mass is 32.1. The zero-order valence-electron chi connectivity index (χ0n) is 8.24. The number of benzene rings is 1. The van der Waals surface area contributed by atoms with Gasteiger partial charge in [-0.15, -0.1) is 0 Å². The normalized spacial score (nSPS) is 18.9. The molecule has 1 heterocycles. The Labute approximate surface area is 88.8 Å². The Kier molecular flexibility index (Phi) is 2.52. The number of fused-ring (bicyclic) bond motifs is 1. The van der Waals surface area contributed by atoms with E-state index in [1.807, 2.05) is 19.1 Å². The highest BCUT2D eigenvalue weighted by Crippen LogP contribution is 2.33. The van der Waals surface area contributed by atoms with Crippen LogP contribution in [-0.4, -0.2) is 18.3 Å². The van der Waals surface area contributed by atoms with Crippen LogP contribution in [0.2, 0.25) is 0 Å². The zero-order chi connectivity index (χ0) is 10.1. The summed E-state index contributed by atoms with van der Waals surface area (Å²) in [6, 6.07) is 6.04. The lowest BCUT2D eigenvalue weighted by Crippen LogP contribution is -2.14. The van der Waals surface area contributed by atoms with E-state index >= 15 is 0 Å². The zero-order valence-corrected chi connectivity index (χ0v) is 9.06. The summed E-state index contributed by atoms with van der Waals surface area (Å²) in [5.41, 5.74) is 2.19. The highest BCUT2D eigenvalue weighted by molar-refractivity contribution is 7.80. The second kappa shape index (κ2) is 3.67. The fourth-order valence-corrected chi connectivity index (χ4v) is 1.81. The maximum atomic E-state index is 5.64. The summed E-state index contributed by atoms with van der Waals surface area (Å²) in [5, 5.41) is 0. The van der Waals surface area contributed by atoms with Crippen LogP contribution in [0.4, 0.5) is 0 Å². The number of thiocarbonyl (C=S) groups is 1. The van der Waals surface area contributed by atoms with Gasteiger partial charge in [-0.05, 0) is 6.92 Å². The Morgan fingerprint density at radius 3 is 3.00 bits per heavy atom. The lowest BCUT2D eigenvalue weighted by atomic mass is 10.1. The summed E-state index contributed by atoms with van der Waals surface area (Å²) in [6.07, 6.45) is 0.656. The molecule has 0 amide bonds. The summed E-state index contributed by atoms with van der Waals surface area (Å²) in [6.45, 7) is 1.91. The Morgan fingerprint density at radius 1 is 1.57 bits per heavy atom. The number of methoxy groups -OCH3 is 1. The summed E-state index contributed by atoms with van der Waals surface area (Å²) in [4.78, 5) is 0.860. The van der Waals surface area contributed by atoms with Gasteiger partial charge in [0.2, 0.25) is 6.29 Å². The van der Waals surface area contributed by atoms with Crippen LogP contribution >= 0.6 is 12.2 Å². The standard InChI is InChI=1S/C11H12O2S/c1-7(14)9-5-3-4-8-6-10(12-2)13-11(8)9/h3-5,10H,6H2,1-2H3. The van der Waals surface area contributed by atoms with Crippen molar-refractivity contribution >= 4 is 17.1 Å². The van der Waals surface area contributed by atoms with Gasteiger partial charge >= 0.3 is 0 Å². The van der Waals surface area contributed by atoms with E-state index in [-0.39, 0.29) is 6.29 Å². The van der Waals surface area contributed by atoms with Crippen LogP contribution in [0.25, 0.3) is 0 Å². The molecule has 0 radical (unpaired) electrons. The van der Waals surface area contributed by atoms with Crippen molar-refractivity contribution in [3.63, 3.8) is 0 Å². The molecule has 3 heteroatoms. The monoisotopic (exact) mass is 208 g/mol. The molecule has 1 atom stereocenters. The third kappa shape index (κ3) is 1.53. The number of rotatable bonds is 2. The second-order valence-electron chi connectivity index (χ2n) is 3.34. The first kappa shape index (κ1) is 9.62. The molecule has 0 bridgehead atoms. The summed E-state index contributed by atoms with van der Waals surface area (Å²) < 4.78 is 10.8. The van der Waals surface area contributed by atoms with Crippen molar-refractivity contribution in [1.29, 1.82) is 0 Å². The van der Waals surface area contributed by atoms with Crippen molar-refractivity contribution in [2.24, 2.45) is 0 Å². The molecule has 74 valence electrons. The van der Waals surface area contributed by atoms with Crippen LogP contribution in [0, 0.1) is 0 Å². The van der Waals surface area contributed by atoms with Crippen molar-refractivity contribution in [2.75, 3.05) is 7.11 Å². The van der Waals surface area contributed by atoms with E-state index < -0.39 is 0 Å². The molecule has 14 heavy (non-hydrogen) atoms. The van der Waals surface area contributed by atoms with Gasteiger partial charge in [0.15, 0.2) is 0 Å². The topological polar surface area (TPSA) is 18.5 Å². The fraction of sp³-hybridized carbons (Fsp3) is 0.364. The summed E-state index contributed by atoms with van der Waals surface area (Å²) in [7, 11) is 1.65. The number of para-hydroxylation sites is 1. The van der Waals surface area contributed by atoms with Gasteiger partial charge in [-0.2, -0.15) is 0 Å². The maximum Gasteiger partial charge on any atom is 0.203 e. The molecular weight excluding hydrogens is 196 g/mol. The fourth-order valence-electron chi connectivity index (χ4n) is 1.65. The Balaban J connectivity index is 2.41. The van der Waals surface area contributed by atoms with E-state index in [2.05, 4.69) is 6.07 Å². The minimum absolute atomic E-state index is 0.152. The summed E-state index contributed by atoms with van der Waals surface area (Å²) in [5.74, 6) is 0.895. The van der Waals surface area contributed by atoms with E-state index in [1.54, 1.807) is 7.11 Å². The average Bonchev–Trinajstić information content (AvgIpc) is 2.59. The van der Waals surface area contributed by atoms with Gasteiger partial charge in [-0.25, -0.2) is 0 Å². The molecule has 0 aromatic heterocycles. The molecule has 0 aliphatic carbocycles. The van der Waals surface area contributed by atoms with Gasteiger partial charge in [-0.3, -0.25) is 0 Å². The van der Waals surface area contributed by atoms with Crippen LogP contribution in [0.5, 0.6) is 5.75 Å². The first-order valence-electron chi connectivity index (χ1n) is 4.54. The SMILES string of the molecule is COC1Cc2cccc(C(C)=S)c2O1. The van der Waals surface area contributed by atoms with E-state index in [9.17, 15) is 0 Å². The van der Waals surface area contributed by atoms with Crippen LogP contribution in [-0.2, 0) is 11.2 Å². The van der Waals surface area contributed by atoms with Gasteiger partial charge in [0.05, 0.1) is 0 Å². The molecule has 0 spiro atoms. The lowest BCUT2D eigenvalue weighted by molar-refractivity contribution is -0.0368. The molecule has 0 saturated carbocycles. The van der Waals surface area contributed by atoms with Crippen LogP contribution in [0.1, 0.15) is 18.1 Å². The summed E-state index contributed by atoms with van der Waals surface area (Å²) >= 11 is 5.16. The molecule has 1 unspecified atom stereocenters. The van der Waals surface area contributed by atoms with Crippen molar-refractivity contribution in [2.45, 2.75) is 19.6 Å². The Morgan fingerprint density at radius 2 is 2.36 bits per heavy atom. The molecule has 1 aliphatic rings. The number of hydrogen-bond acceptors (Lipinski definition) is 3. The van der Waals surface area contributed by atoms with E-state index in [0.717, 1.165) is 22.6 Å². The van der Waals surface area contributed by atoms with Gasteiger partial charge in [0.1, 0.15) is 5.75 Å². The molecule has 0 fully saturated rings. The first-order valence-corrected chi connectivity index (χ1v) is 4.95. The van der Waals surface area contributed by atoms with Gasteiger partial charge < -0.3 is 9.47 Å². The second-order valence-corrected chi connectivity index (χ2v) is 3.95. The van der Waals surface area contributed by atoms with Gasteiger partial charge in [-0.1, -0.05) is 30.4 Å². The molecule has 2 nitrogen and oxygen atoms in total. The Hall–Kier alpha value is -0.930. The maximum absolute atomic E-state index is 5.64. The van der Waals surface area contributed by atoms with Crippen LogP contribution in [0.15, 0.2) is 18.2 Å². The average molecular weight is 208 g/mol. The quantitative estimate of drug-likeness (QED) is 0.549. The minimum atomic E-state index is -0.152. The molecule has 0 N–H and O–H groups in total. The molecule has 1 aromatic carbocycles. The minimum Gasteiger partial charge on any atom is -0.464 e. The molecule has 1 aliphatic heterocycles. The van der Waals surface area contributed by atoms with Crippen molar-refractivity contribution < 1.29 is 9.47 Å². The van der Waals surface area contributed by atoms with E-state index in [4.69, 9.17) is 21.7 Å². The van der Waals surface area contributed by atoms with Crippen LogP contribution < -0.4 is 4.74 Å². The molecule has 2 rings (SSSR count). The van der Waals surface area contributed by atoms with Crippen molar-refractivity contribution in [3.05, 3.63) is 29.3 Å². The predicted molar refractivity (Wildman–Crippen MR) is 58.9 cm³/mol. The van der Waals surface area contributed by atoms with Gasteiger partial charge in [0.25, 0.3) is 0 Å².